The van der Waals surface area contributed by atoms with E-state index in [-0.39, 0.29) is 16.9 Å². The standard InChI is InChI=1S/C22H14ClFN2O3/c23-15-2-1-3-17(12-15)26-19(13-8-10-25-11-9-13)18(21(28)22(26)29)20(27)14-4-6-16(24)7-5-14/h1-12,19,27H/b20-18+. The third-order valence-electron chi connectivity index (χ3n) is 4.67. The summed E-state index contributed by atoms with van der Waals surface area (Å²) in [6, 6.07) is 14.0. The molecule has 0 saturated carbocycles. The van der Waals surface area contributed by atoms with Gasteiger partial charge in [-0.05, 0) is 60.2 Å². The van der Waals surface area contributed by atoms with Gasteiger partial charge in [-0.2, -0.15) is 0 Å². The first-order valence-corrected chi connectivity index (χ1v) is 9.07. The molecule has 1 saturated heterocycles. The number of ketones is 1. The molecule has 1 fully saturated rings. The summed E-state index contributed by atoms with van der Waals surface area (Å²) in [4.78, 5) is 31.1. The number of aromatic nitrogens is 1. The minimum Gasteiger partial charge on any atom is -0.507 e. The highest BCUT2D eigenvalue weighted by Gasteiger charge is 2.47. The number of anilines is 1. The number of aliphatic hydroxyl groups excluding tert-OH is 1. The maximum Gasteiger partial charge on any atom is 0.300 e. The molecule has 0 bridgehead atoms. The molecule has 2 aromatic carbocycles. The molecule has 3 aromatic rings. The van der Waals surface area contributed by atoms with Crippen LogP contribution in [0.3, 0.4) is 0 Å². The fraction of sp³-hybridized carbons (Fsp3) is 0.0455. The van der Waals surface area contributed by atoms with Gasteiger partial charge in [0, 0.05) is 28.7 Å². The Morgan fingerprint density at radius 1 is 1.03 bits per heavy atom. The van der Waals surface area contributed by atoms with Gasteiger partial charge in [0.05, 0.1) is 11.6 Å². The third kappa shape index (κ3) is 3.39. The number of Topliss-reactive ketones (excluding diaryl/α,β-unsaturated/α-hetero) is 1. The molecule has 0 radical (unpaired) electrons. The lowest BCUT2D eigenvalue weighted by Gasteiger charge is -2.25. The van der Waals surface area contributed by atoms with E-state index >= 15 is 0 Å². The zero-order valence-electron chi connectivity index (χ0n) is 14.9. The Labute approximate surface area is 170 Å². The van der Waals surface area contributed by atoms with Crippen LogP contribution in [0.15, 0.2) is 78.6 Å². The second-order valence-corrected chi connectivity index (χ2v) is 6.87. The van der Waals surface area contributed by atoms with Crippen LogP contribution in [0.5, 0.6) is 0 Å². The Bertz CT molecular complexity index is 1130. The Balaban J connectivity index is 1.94. The minimum absolute atomic E-state index is 0.0900. The van der Waals surface area contributed by atoms with Crippen LogP contribution in [0.1, 0.15) is 17.2 Å². The molecule has 1 amide bonds. The van der Waals surface area contributed by atoms with Gasteiger partial charge in [-0.1, -0.05) is 17.7 Å². The highest BCUT2D eigenvalue weighted by molar-refractivity contribution is 6.51. The number of hydrogen-bond donors (Lipinski definition) is 1. The summed E-state index contributed by atoms with van der Waals surface area (Å²) in [6.45, 7) is 0. The van der Waals surface area contributed by atoms with Gasteiger partial charge in [0.15, 0.2) is 0 Å². The van der Waals surface area contributed by atoms with E-state index in [0.717, 1.165) is 0 Å². The van der Waals surface area contributed by atoms with Gasteiger partial charge < -0.3 is 5.11 Å². The van der Waals surface area contributed by atoms with Crippen molar-refractivity contribution in [2.24, 2.45) is 0 Å². The second kappa shape index (κ2) is 7.48. The van der Waals surface area contributed by atoms with Crippen molar-refractivity contribution in [2.75, 3.05) is 4.90 Å². The van der Waals surface area contributed by atoms with Gasteiger partial charge in [-0.15, -0.1) is 0 Å². The molecule has 4 rings (SSSR count). The summed E-state index contributed by atoms with van der Waals surface area (Å²) in [7, 11) is 0. The molecule has 7 heteroatoms. The summed E-state index contributed by atoms with van der Waals surface area (Å²) in [5.74, 6) is -2.49. The van der Waals surface area contributed by atoms with Crippen molar-refractivity contribution in [1.82, 2.24) is 4.98 Å². The zero-order valence-corrected chi connectivity index (χ0v) is 15.7. The maximum absolute atomic E-state index is 13.3. The molecule has 1 aliphatic heterocycles. The molecule has 0 aliphatic carbocycles. The molecular weight excluding hydrogens is 395 g/mol. The van der Waals surface area contributed by atoms with Gasteiger partial charge in [0.25, 0.3) is 11.7 Å². The molecule has 5 nitrogen and oxygen atoms in total. The van der Waals surface area contributed by atoms with Crippen molar-refractivity contribution in [1.29, 1.82) is 0 Å². The topological polar surface area (TPSA) is 70.5 Å². The molecule has 1 unspecified atom stereocenters. The van der Waals surface area contributed by atoms with Gasteiger partial charge in [-0.25, -0.2) is 4.39 Å². The first kappa shape index (κ1) is 18.8. The van der Waals surface area contributed by atoms with Gasteiger partial charge >= 0.3 is 0 Å². The van der Waals surface area contributed by atoms with E-state index in [4.69, 9.17) is 11.6 Å². The van der Waals surface area contributed by atoms with Crippen LogP contribution in [-0.4, -0.2) is 21.8 Å². The quantitative estimate of drug-likeness (QED) is 0.393. The number of amides is 1. The average molecular weight is 409 g/mol. The average Bonchev–Trinajstić information content (AvgIpc) is 2.99. The second-order valence-electron chi connectivity index (χ2n) is 6.44. The van der Waals surface area contributed by atoms with Crippen molar-refractivity contribution in [2.45, 2.75) is 6.04 Å². The van der Waals surface area contributed by atoms with Crippen LogP contribution in [0, 0.1) is 5.82 Å². The molecule has 2 heterocycles. The van der Waals surface area contributed by atoms with Crippen LogP contribution < -0.4 is 4.90 Å². The molecule has 0 spiro atoms. The Kier molecular flexibility index (Phi) is 4.86. The number of hydrogen-bond acceptors (Lipinski definition) is 4. The van der Waals surface area contributed by atoms with E-state index in [1.165, 1.54) is 41.6 Å². The van der Waals surface area contributed by atoms with Gasteiger partial charge in [0.1, 0.15) is 11.6 Å². The number of carbonyl (C=O) groups is 2. The van der Waals surface area contributed by atoms with Gasteiger partial charge in [-0.3, -0.25) is 19.5 Å². The predicted octanol–water partition coefficient (Wildman–Crippen LogP) is 4.50. The van der Waals surface area contributed by atoms with E-state index in [0.29, 0.717) is 16.3 Å². The Hall–Kier alpha value is -3.51. The van der Waals surface area contributed by atoms with Crippen LogP contribution in [-0.2, 0) is 9.59 Å². The van der Waals surface area contributed by atoms with E-state index in [9.17, 15) is 19.1 Å². The lowest BCUT2D eigenvalue weighted by molar-refractivity contribution is -0.132. The summed E-state index contributed by atoms with van der Waals surface area (Å²) >= 11 is 6.08. The first-order valence-electron chi connectivity index (χ1n) is 8.70. The highest BCUT2D eigenvalue weighted by Crippen LogP contribution is 2.42. The largest absolute Gasteiger partial charge is 0.507 e. The van der Waals surface area contributed by atoms with Gasteiger partial charge in [0.2, 0.25) is 0 Å². The summed E-state index contributed by atoms with van der Waals surface area (Å²) in [5.41, 5.74) is 1.14. The van der Waals surface area contributed by atoms with Crippen molar-refractivity contribution in [3.05, 3.63) is 101 Å². The molecule has 1 atom stereocenters. The predicted molar refractivity (Wildman–Crippen MR) is 107 cm³/mol. The number of aliphatic hydroxyl groups is 1. The SMILES string of the molecule is O=C1C(=O)N(c2cccc(Cl)c2)C(c2ccncc2)/C1=C(\O)c1ccc(F)cc1. The maximum atomic E-state index is 13.3. The summed E-state index contributed by atoms with van der Waals surface area (Å²) in [5, 5.41) is 11.3. The first-order chi connectivity index (χ1) is 14.0. The molecule has 1 N–H and O–H groups in total. The number of benzene rings is 2. The number of carbonyl (C=O) groups excluding carboxylic acids is 2. The van der Waals surface area contributed by atoms with E-state index in [1.54, 1.807) is 36.4 Å². The fourth-order valence-corrected chi connectivity index (χ4v) is 3.53. The fourth-order valence-electron chi connectivity index (χ4n) is 3.35. The lowest BCUT2D eigenvalue weighted by Crippen LogP contribution is -2.29. The van der Waals surface area contributed by atoms with Crippen molar-refractivity contribution in [3.8, 4) is 0 Å². The third-order valence-corrected chi connectivity index (χ3v) is 4.91. The lowest BCUT2D eigenvalue weighted by atomic mass is 9.96. The highest BCUT2D eigenvalue weighted by atomic mass is 35.5. The number of nitrogens with zero attached hydrogens (tertiary/aromatic N) is 2. The minimum atomic E-state index is -0.887. The van der Waals surface area contributed by atoms with Crippen LogP contribution in [0.4, 0.5) is 10.1 Å². The molecular formula is C22H14ClFN2O3. The van der Waals surface area contributed by atoms with E-state index < -0.39 is 23.5 Å². The number of rotatable bonds is 3. The smallest absolute Gasteiger partial charge is 0.300 e. The van der Waals surface area contributed by atoms with Crippen LogP contribution in [0.25, 0.3) is 5.76 Å². The number of halogens is 2. The van der Waals surface area contributed by atoms with E-state index in [2.05, 4.69) is 4.98 Å². The normalized spacial score (nSPS) is 18.3. The van der Waals surface area contributed by atoms with Crippen molar-refractivity contribution >= 4 is 34.7 Å². The molecule has 29 heavy (non-hydrogen) atoms. The van der Waals surface area contributed by atoms with Crippen LogP contribution >= 0.6 is 11.6 Å². The van der Waals surface area contributed by atoms with Crippen LogP contribution in [0.2, 0.25) is 5.02 Å². The molecule has 1 aliphatic rings. The van der Waals surface area contributed by atoms with Crippen molar-refractivity contribution < 1.29 is 19.1 Å². The van der Waals surface area contributed by atoms with E-state index in [1.807, 2.05) is 0 Å². The van der Waals surface area contributed by atoms with Crippen molar-refractivity contribution in [3.63, 3.8) is 0 Å². The monoisotopic (exact) mass is 408 g/mol. The Morgan fingerprint density at radius 3 is 2.38 bits per heavy atom. The summed E-state index contributed by atoms with van der Waals surface area (Å²) in [6.07, 6.45) is 3.07. The Morgan fingerprint density at radius 2 is 1.72 bits per heavy atom. The number of pyridine rings is 1. The zero-order chi connectivity index (χ0) is 20.5. The summed E-state index contributed by atoms with van der Waals surface area (Å²) < 4.78 is 13.3. The molecule has 144 valence electrons. The molecule has 1 aromatic heterocycles.